The Morgan fingerprint density at radius 3 is 2.55 bits per heavy atom. The molecule has 2 bridgehead atoms. The summed E-state index contributed by atoms with van der Waals surface area (Å²) in [5.41, 5.74) is 0. The maximum absolute atomic E-state index is 10.0. The number of fused-ring (bicyclic) bond motifs is 2. The lowest BCUT2D eigenvalue weighted by molar-refractivity contribution is -0.136. The number of aliphatic hydroxyl groups excluding tert-OH is 1. The second-order valence-electron chi connectivity index (χ2n) is 3.57. The first-order valence-corrected chi connectivity index (χ1v) is 4.08. The summed E-state index contributed by atoms with van der Waals surface area (Å²) in [5, 5.41) is 9.36. The number of rotatable bonds is 2. The van der Waals surface area contributed by atoms with Crippen molar-refractivity contribution >= 4 is 6.47 Å². The van der Waals surface area contributed by atoms with E-state index in [4.69, 9.17) is 4.74 Å². The Hall–Kier alpha value is -0.570. The molecule has 0 saturated heterocycles. The molecule has 0 heterocycles. The number of aliphatic hydroxyl groups is 1. The van der Waals surface area contributed by atoms with Crippen LogP contribution in [0.15, 0.2) is 0 Å². The fourth-order valence-corrected chi connectivity index (χ4v) is 2.43. The van der Waals surface area contributed by atoms with Crippen molar-refractivity contribution in [3.8, 4) is 0 Å². The fraction of sp³-hybridized carbons (Fsp3) is 0.875. The molecule has 2 saturated carbocycles. The quantitative estimate of drug-likeness (QED) is 0.585. The molecule has 0 spiro atoms. The summed E-state index contributed by atoms with van der Waals surface area (Å²) >= 11 is 0. The lowest BCUT2D eigenvalue weighted by atomic mass is 9.95. The minimum absolute atomic E-state index is 0.0981. The van der Waals surface area contributed by atoms with Crippen LogP contribution in [-0.2, 0) is 9.53 Å². The highest BCUT2D eigenvalue weighted by Crippen LogP contribution is 2.45. The number of carbonyl (C=O) groups is 1. The van der Waals surface area contributed by atoms with Gasteiger partial charge >= 0.3 is 0 Å². The van der Waals surface area contributed by atoms with Crippen LogP contribution in [0.1, 0.15) is 19.3 Å². The predicted molar refractivity (Wildman–Crippen MR) is 37.8 cm³/mol. The molecule has 0 radical (unpaired) electrons. The molecule has 2 rings (SSSR count). The van der Waals surface area contributed by atoms with Gasteiger partial charge in [-0.1, -0.05) is 0 Å². The van der Waals surface area contributed by atoms with E-state index in [0.29, 0.717) is 18.3 Å². The van der Waals surface area contributed by atoms with Crippen molar-refractivity contribution in [1.29, 1.82) is 0 Å². The van der Waals surface area contributed by atoms with Gasteiger partial charge in [-0.15, -0.1) is 0 Å². The SMILES string of the molecule is O=COC1CC2CC1CC2O. The summed E-state index contributed by atoms with van der Waals surface area (Å²) in [4.78, 5) is 10.0. The first-order chi connectivity index (χ1) is 5.31. The predicted octanol–water partition coefficient (Wildman–Crippen LogP) is 0.319. The third-order valence-electron chi connectivity index (χ3n) is 2.99. The van der Waals surface area contributed by atoms with Crippen LogP contribution in [0.2, 0.25) is 0 Å². The maximum atomic E-state index is 10.0. The largest absolute Gasteiger partial charge is 0.464 e. The molecule has 4 unspecified atom stereocenters. The molecular weight excluding hydrogens is 144 g/mol. The van der Waals surface area contributed by atoms with E-state index in [0.717, 1.165) is 19.3 Å². The van der Waals surface area contributed by atoms with Gasteiger partial charge < -0.3 is 9.84 Å². The van der Waals surface area contributed by atoms with Crippen molar-refractivity contribution in [2.75, 3.05) is 0 Å². The zero-order valence-corrected chi connectivity index (χ0v) is 6.27. The molecule has 11 heavy (non-hydrogen) atoms. The molecule has 2 aliphatic carbocycles. The zero-order valence-electron chi connectivity index (χ0n) is 6.27. The second-order valence-corrected chi connectivity index (χ2v) is 3.57. The molecular formula is C8H12O3. The van der Waals surface area contributed by atoms with E-state index in [1.165, 1.54) is 0 Å². The minimum Gasteiger partial charge on any atom is -0.464 e. The maximum Gasteiger partial charge on any atom is 0.293 e. The van der Waals surface area contributed by atoms with E-state index in [1.54, 1.807) is 0 Å². The smallest absolute Gasteiger partial charge is 0.293 e. The lowest BCUT2D eigenvalue weighted by Crippen LogP contribution is -2.26. The van der Waals surface area contributed by atoms with Crippen molar-refractivity contribution in [2.24, 2.45) is 11.8 Å². The Morgan fingerprint density at radius 1 is 1.27 bits per heavy atom. The Kier molecular flexibility index (Phi) is 1.60. The van der Waals surface area contributed by atoms with E-state index < -0.39 is 0 Å². The number of hydrogen-bond donors (Lipinski definition) is 1. The number of carbonyl (C=O) groups excluding carboxylic acids is 1. The second kappa shape index (κ2) is 2.48. The van der Waals surface area contributed by atoms with E-state index >= 15 is 0 Å². The Balaban J connectivity index is 1.97. The highest BCUT2D eigenvalue weighted by molar-refractivity contribution is 5.37. The Labute approximate surface area is 65.4 Å². The summed E-state index contributed by atoms with van der Waals surface area (Å²) < 4.78 is 4.89. The molecule has 62 valence electrons. The Morgan fingerprint density at radius 2 is 2.09 bits per heavy atom. The third kappa shape index (κ3) is 1.03. The van der Waals surface area contributed by atoms with Crippen LogP contribution in [-0.4, -0.2) is 23.8 Å². The average Bonchev–Trinajstić information content (AvgIpc) is 2.47. The standard InChI is InChI=1S/C8H12O3/c9-4-11-8-3-5-1-6(8)2-7(5)10/h4-8,10H,1-3H2. The van der Waals surface area contributed by atoms with Crippen LogP contribution in [0.3, 0.4) is 0 Å². The highest BCUT2D eigenvalue weighted by atomic mass is 16.5. The normalized spacial score (nSPS) is 47.7. The van der Waals surface area contributed by atoms with Crippen LogP contribution >= 0.6 is 0 Å². The van der Waals surface area contributed by atoms with Gasteiger partial charge in [0.2, 0.25) is 0 Å². The first-order valence-electron chi connectivity index (χ1n) is 4.08. The molecule has 0 aromatic heterocycles. The molecule has 2 fully saturated rings. The number of ether oxygens (including phenoxy) is 1. The highest BCUT2D eigenvalue weighted by Gasteiger charge is 2.46. The summed E-state index contributed by atoms with van der Waals surface area (Å²) in [6, 6.07) is 0. The van der Waals surface area contributed by atoms with Crippen molar-refractivity contribution in [2.45, 2.75) is 31.5 Å². The van der Waals surface area contributed by atoms with Crippen molar-refractivity contribution in [3.05, 3.63) is 0 Å². The van der Waals surface area contributed by atoms with E-state index in [1.807, 2.05) is 0 Å². The summed E-state index contributed by atoms with van der Waals surface area (Å²) in [5.74, 6) is 0.824. The van der Waals surface area contributed by atoms with Crippen LogP contribution in [0.25, 0.3) is 0 Å². The number of hydrogen-bond acceptors (Lipinski definition) is 3. The third-order valence-corrected chi connectivity index (χ3v) is 2.99. The molecule has 0 aromatic carbocycles. The lowest BCUT2D eigenvalue weighted by Gasteiger charge is -2.22. The molecule has 0 aliphatic heterocycles. The van der Waals surface area contributed by atoms with Crippen molar-refractivity contribution in [3.63, 3.8) is 0 Å². The Bertz CT molecular complexity index is 167. The van der Waals surface area contributed by atoms with Gasteiger partial charge in [0.25, 0.3) is 6.47 Å². The molecule has 0 amide bonds. The van der Waals surface area contributed by atoms with Gasteiger partial charge in [-0.25, -0.2) is 0 Å². The monoisotopic (exact) mass is 156 g/mol. The van der Waals surface area contributed by atoms with E-state index in [9.17, 15) is 9.90 Å². The minimum atomic E-state index is -0.133. The van der Waals surface area contributed by atoms with Crippen LogP contribution in [0.4, 0.5) is 0 Å². The summed E-state index contributed by atoms with van der Waals surface area (Å²) in [7, 11) is 0. The van der Waals surface area contributed by atoms with Gasteiger partial charge in [0, 0.05) is 0 Å². The van der Waals surface area contributed by atoms with Crippen molar-refractivity contribution in [1.82, 2.24) is 0 Å². The van der Waals surface area contributed by atoms with Gasteiger partial charge in [0.15, 0.2) is 0 Å². The topological polar surface area (TPSA) is 46.5 Å². The first kappa shape index (κ1) is 7.10. The van der Waals surface area contributed by atoms with Crippen LogP contribution in [0.5, 0.6) is 0 Å². The average molecular weight is 156 g/mol. The van der Waals surface area contributed by atoms with E-state index in [-0.39, 0.29) is 12.2 Å². The van der Waals surface area contributed by atoms with E-state index in [2.05, 4.69) is 0 Å². The zero-order chi connectivity index (χ0) is 7.84. The van der Waals surface area contributed by atoms with Crippen molar-refractivity contribution < 1.29 is 14.6 Å². The molecule has 3 heteroatoms. The summed E-state index contributed by atoms with van der Waals surface area (Å²) in [6.45, 7) is 0.526. The molecule has 1 N–H and O–H groups in total. The fourth-order valence-electron chi connectivity index (χ4n) is 2.43. The van der Waals surface area contributed by atoms with Crippen LogP contribution < -0.4 is 0 Å². The molecule has 0 aromatic rings. The van der Waals surface area contributed by atoms with Gasteiger partial charge in [-0.3, -0.25) is 4.79 Å². The summed E-state index contributed by atoms with van der Waals surface area (Å²) in [6.07, 6.45) is 2.69. The molecule has 3 nitrogen and oxygen atoms in total. The molecule has 2 aliphatic rings. The van der Waals surface area contributed by atoms with Gasteiger partial charge in [-0.2, -0.15) is 0 Å². The van der Waals surface area contributed by atoms with Gasteiger partial charge in [0.05, 0.1) is 6.10 Å². The van der Waals surface area contributed by atoms with Gasteiger partial charge in [-0.05, 0) is 31.1 Å². The van der Waals surface area contributed by atoms with Crippen LogP contribution in [0, 0.1) is 11.8 Å². The molecule has 4 atom stereocenters. The van der Waals surface area contributed by atoms with Gasteiger partial charge in [0.1, 0.15) is 6.10 Å².